The van der Waals surface area contributed by atoms with Crippen LogP contribution in [0.1, 0.15) is 19.5 Å². The van der Waals surface area contributed by atoms with Crippen LogP contribution in [0.5, 0.6) is 0 Å². The number of nitrogens with zero attached hydrogens (tertiary/aromatic N) is 1. The van der Waals surface area contributed by atoms with Gasteiger partial charge in [0, 0.05) is 6.26 Å². The second-order valence-corrected chi connectivity index (χ2v) is 11.1. The first kappa shape index (κ1) is 22.8. The van der Waals surface area contributed by atoms with Gasteiger partial charge in [-0.15, -0.1) is 0 Å². The lowest BCUT2D eigenvalue weighted by molar-refractivity contribution is -0.141. The molecule has 1 N–H and O–H groups in total. The Morgan fingerprint density at radius 3 is 1.93 bits per heavy atom. The summed E-state index contributed by atoms with van der Waals surface area (Å²) in [6.45, 7) is 2.16. The average Bonchev–Trinajstić information content (AvgIpc) is 2.60. The van der Waals surface area contributed by atoms with Crippen LogP contribution in [0.4, 0.5) is 19.0 Å². The number of sulfone groups is 2. The topological polar surface area (TPSA) is 110 Å². The average molecular weight is 450 g/mol. The van der Waals surface area contributed by atoms with Crippen molar-refractivity contribution in [3.8, 4) is 0 Å². The van der Waals surface area contributed by atoms with Gasteiger partial charge in [-0.25, -0.2) is 21.8 Å². The normalized spacial score (nSPS) is 13.2. The molecule has 0 radical (unpaired) electrons. The molecule has 1 aromatic carbocycles. The zero-order valence-corrected chi connectivity index (χ0v) is 17.1. The second kappa shape index (κ2) is 7.41. The van der Waals surface area contributed by atoms with E-state index in [1.807, 2.05) is 0 Å². The predicted octanol–water partition coefficient (Wildman–Crippen LogP) is 2.69. The van der Waals surface area contributed by atoms with Crippen molar-refractivity contribution >= 4 is 31.4 Å². The molecule has 158 valence electrons. The van der Waals surface area contributed by atoms with E-state index in [1.165, 1.54) is 0 Å². The summed E-state index contributed by atoms with van der Waals surface area (Å²) in [5.74, 6) is -1.56. The van der Waals surface area contributed by atoms with Gasteiger partial charge < -0.3 is 5.32 Å². The largest absolute Gasteiger partial charge is 0.433 e. The van der Waals surface area contributed by atoms with E-state index in [0.717, 1.165) is 56.5 Å². The molecule has 1 heterocycles. The summed E-state index contributed by atoms with van der Waals surface area (Å²) in [4.78, 5) is 15.4. The number of rotatable bonds is 5. The number of hydrogen-bond acceptors (Lipinski definition) is 6. The van der Waals surface area contributed by atoms with E-state index in [1.54, 1.807) is 0 Å². The van der Waals surface area contributed by atoms with Gasteiger partial charge in [0.1, 0.15) is 16.3 Å². The Labute approximate surface area is 165 Å². The molecule has 1 amide bonds. The van der Waals surface area contributed by atoms with Crippen molar-refractivity contribution in [1.29, 1.82) is 0 Å². The number of hydrogen-bond donors (Lipinski definition) is 1. The third-order valence-corrected chi connectivity index (χ3v) is 7.61. The van der Waals surface area contributed by atoms with Crippen molar-refractivity contribution in [1.82, 2.24) is 4.98 Å². The molecule has 0 aliphatic rings. The van der Waals surface area contributed by atoms with Gasteiger partial charge >= 0.3 is 6.18 Å². The van der Waals surface area contributed by atoms with Gasteiger partial charge in [-0.1, -0.05) is 6.07 Å². The highest BCUT2D eigenvalue weighted by atomic mass is 32.2. The highest BCUT2D eigenvalue weighted by molar-refractivity contribution is 7.93. The molecule has 0 bridgehead atoms. The lowest BCUT2D eigenvalue weighted by atomic mass is 10.2. The Morgan fingerprint density at radius 2 is 1.45 bits per heavy atom. The number of amides is 1. The van der Waals surface area contributed by atoms with Crippen LogP contribution in [0.15, 0.2) is 52.3 Å². The highest BCUT2D eigenvalue weighted by Crippen LogP contribution is 2.30. The van der Waals surface area contributed by atoms with Crippen LogP contribution in [0.25, 0.3) is 0 Å². The monoisotopic (exact) mass is 450 g/mol. The van der Waals surface area contributed by atoms with Crippen LogP contribution in [0.2, 0.25) is 0 Å². The zero-order valence-electron chi connectivity index (χ0n) is 15.5. The molecule has 0 spiro atoms. The second-order valence-electron chi connectivity index (χ2n) is 6.62. The molecule has 0 aliphatic carbocycles. The fraction of sp³-hybridized carbons (Fsp3) is 0.294. The third-order valence-electron chi connectivity index (χ3n) is 4.06. The van der Waals surface area contributed by atoms with Gasteiger partial charge in [0.05, 0.1) is 9.79 Å². The Balaban J connectivity index is 2.34. The summed E-state index contributed by atoms with van der Waals surface area (Å²) in [5, 5.41) is 2.08. The minimum atomic E-state index is -4.73. The van der Waals surface area contributed by atoms with Gasteiger partial charge in [-0.3, -0.25) is 4.79 Å². The van der Waals surface area contributed by atoms with Crippen molar-refractivity contribution in [3.05, 3.63) is 48.2 Å². The minimum Gasteiger partial charge on any atom is -0.309 e. The highest BCUT2D eigenvalue weighted by Gasteiger charge is 2.43. The van der Waals surface area contributed by atoms with Crippen molar-refractivity contribution in [3.63, 3.8) is 0 Å². The summed E-state index contributed by atoms with van der Waals surface area (Å²) in [6.07, 6.45) is -3.78. The molecule has 12 heteroatoms. The molecule has 1 aromatic heterocycles. The van der Waals surface area contributed by atoms with Crippen LogP contribution in [0.3, 0.4) is 0 Å². The maximum absolute atomic E-state index is 12.9. The van der Waals surface area contributed by atoms with E-state index < -0.39 is 48.0 Å². The quantitative estimate of drug-likeness (QED) is 0.750. The molecule has 0 saturated carbocycles. The third kappa shape index (κ3) is 4.75. The summed E-state index contributed by atoms with van der Waals surface area (Å²) in [5.41, 5.74) is -1.24. The van der Waals surface area contributed by atoms with Crippen LogP contribution in [-0.4, -0.2) is 38.7 Å². The van der Waals surface area contributed by atoms with Gasteiger partial charge in [0.15, 0.2) is 19.7 Å². The molecular weight excluding hydrogens is 433 g/mol. The molecule has 0 unspecified atom stereocenters. The van der Waals surface area contributed by atoms with Crippen molar-refractivity contribution in [2.24, 2.45) is 0 Å². The van der Waals surface area contributed by atoms with Crippen LogP contribution >= 0.6 is 0 Å². The van der Waals surface area contributed by atoms with Gasteiger partial charge in [0.2, 0.25) is 5.91 Å². The first-order valence-corrected chi connectivity index (χ1v) is 11.3. The predicted molar refractivity (Wildman–Crippen MR) is 98.7 cm³/mol. The fourth-order valence-electron chi connectivity index (χ4n) is 2.21. The number of nitrogens with one attached hydrogen (secondary N) is 1. The lowest BCUT2D eigenvalue weighted by Gasteiger charge is -2.24. The summed E-state index contributed by atoms with van der Waals surface area (Å²) >= 11 is 0. The van der Waals surface area contributed by atoms with E-state index >= 15 is 0 Å². The number of aromatic nitrogens is 1. The van der Waals surface area contributed by atoms with Crippen LogP contribution in [-0.2, 0) is 30.6 Å². The zero-order chi connectivity index (χ0) is 22.3. The number of pyridine rings is 1. The van der Waals surface area contributed by atoms with E-state index in [-0.39, 0.29) is 9.79 Å². The lowest BCUT2D eigenvalue weighted by Crippen LogP contribution is -2.44. The smallest absolute Gasteiger partial charge is 0.309 e. The number of alkyl halides is 3. The number of anilines is 1. The van der Waals surface area contributed by atoms with Gasteiger partial charge in [0.25, 0.3) is 0 Å². The van der Waals surface area contributed by atoms with Crippen LogP contribution < -0.4 is 5.32 Å². The molecule has 0 fully saturated rings. The van der Waals surface area contributed by atoms with Crippen molar-refractivity contribution in [2.75, 3.05) is 11.6 Å². The molecule has 2 aromatic rings. The first-order valence-electron chi connectivity index (χ1n) is 7.97. The Bertz CT molecular complexity index is 1140. The van der Waals surface area contributed by atoms with Crippen LogP contribution in [0, 0.1) is 0 Å². The Morgan fingerprint density at radius 1 is 0.931 bits per heavy atom. The number of benzene rings is 1. The van der Waals surface area contributed by atoms with E-state index in [2.05, 4.69) is 10.3 Å². The van der Waals surface area contributed by atoms with Gasteiger partial charge in [-0.05, 0) is 50.2 Å². The number of halogens is 3. The molecular formula is C17H17F3N2O5S2. The summed E-state index contributed by atoms with van der Waals surface area (Å²) < 4.78 is 84.9. The minimum absolute atomic E-state index is 0.105. The maximum atomic E-state index is 12.9. The van der Waals surface area contributed by atoms with Crippen molar-refractivity contribution < 1.29 is 34.8 Å². The Hall–Kier alpha value is -2.47. The number of carbonyl (C=O) groups is 1. The number of carbonyl (C=O) groups excluding carboxylic acids is 1. The Kier molecular flexibility index (Phi) is 5.83. The fourth-order valence-corrected chi connectivity index (χ4v) is 4.22. The maximum Gasteiger partial charge on any atom is 0.433 e. The molecule has 7 nitrogen and oxygen atoms in total. The van der Waals surface area contributed by atoms with Crippen molar-refractivity contribution in [2.45, 2.75) is 34.6 Å². The molecule has 0 saturated heterocycles. The standard InChI is InChI=1S/C17H17F3N2O5S2/c1-16(2,15(23)22-14-6-4-5-13(21-14)17(18,19)20)29(26,27)12-9-7-11(8-10-12)28(3,24)25/h4-10H,1-3H3,(H,21,22,23). The van der Waals surface area contributed by atoms with E-state index in [9.17, 15) is 34.8 Å². The summed E-state index contributed by atoms with van der Waals surface area (Å²) in [7, 11) is -7.86. The summed E-state index contributed by atoms with van der Waals surface area (Å²) in [6, 6.07) is 7.09. The molecule has 0 atom stereocenters. The van der Waals surface area contributed by atoms with E-state index in [0.29, 0.717) is 6.07 Å². The first-order chi connectivity index (χ1) is 13.1. The van der Waals surface area contributed by atoms with E-state index in [4.69, 9.17) is 0 Å². The molecule has 29 heavy (non-hydrogen) atoms. The van der Waals surface area contributed by atoms with Gasteiger partial charge in [-0.2, -0.15) is 13.2 Å². The molecule has 0 aliphatic heterocycles. The molecule has 2 rings (SSSR count). The SMILES string of the molecule is CC(C)(C(=O)Nc1cccc(C(F)(F)F)n1)S(=O)(=O)c1ccc(S(C)(=O)=O)cc1.